The van der Waals surface area contributed by atoms with Crippen molar-refractivity contribution in [3.63, 3.8) is 0 Å². The van der Waals surface area contributed by atoms with E-state index >= 15 is 0 Å². The van der Waals surface area contributed by atoms with Crippen molar-refractivity contribution in [1.82, 2.24) is 5.32 Å². The predicted octanol–water partition coefficient (Wildman–Crippen LogP) is 4.20. The summed E-state index contributed by atoms with van der Waals surface area (Å²) in [6.45, 7) is 0.403. The minimum absolute atomic E-state index is 0.238. The van der Waals surface area contributed by atoms with Gasteiger partial charge in [-0.1, -0.05) is 36.4 Å². The molecule has 3 aromatic carbocycles. The smallest absolute Gasteiger partial charge is 0.323 e. The number of benzene rings is 3. The maximum Gasteiger partial charge on any atom is 0.323 e. The third kappa shape index (κ3) is 5.84. The van der Waals surface area contributed by atoms with Crippen molar-refractivity contribution in [2.75, 3.05) is 29.6 Å². The first-order chi connectivity index (χ1) is 15.0. The number of urea groups is 1. The van der Waals surface area contributed by atoms with Crippen LogP contribution in [0.2, 0.25) is 0 Å². The number of nitriles is 1. The second-order valence-electron chi connectivity index (χ2n) is 7.07. The van der Waals surface area contributed by atoms with Gasteiger partial charge >= 0.3 is 6.03 Å². The van der Waals surface area contributed by atoms with Gasteiger partial charge in [0.1, 0.15) is 0 Å². The van der Waals surface area contributed by atoms with E-state index in [9.17, 15) is 9.59 Å². The lowest BCUT2D eigenvalue weighted by atomic mass is 10.1. The first kappa shape index (κ1) is 21.4. The largest absolute Gasteiger partial charge is 0.377 e. The molecule has 0 aliphatic rings. The highest BCUT2D eigenvalue weighted by Gasteiger charge is 2.15. The molecule has 3 N–H and O–H groups in total. The molecule has 3 rings (SSSR count). The van der Waals surface area contributed by atoms with Crippen LogP contribution in [-0.4, -0.2) is 26.0 Å². The molecular formula is C24H23N5O2. The number of rotatable bonds is 6. The van der Waals surface area contributed by atoms with E-state index in [-0.39, 0.29) is 5.91 Å². The second kappa shape index (κ2) is 9.94. The Balaban J connectivity index is 1.73. The highest BCUT2D eigenvalue weighted by molar-refractivity contribution is 6.04. The van der Waals surface area contributed by atoms with Crippen LogP contribution in [0.25, 0.3) is 0 Å². The summed E-state index contributed by atoms with van der Waals surface area (Å²) in [5.74, 6) is -0.238. The zero-order chi connectivity index (χ0) is 22.2. The lowest BCUT2D eigenvalue weighted by Crippen LogP contribution is -2.26. The number of anilines is 3. The second-order valence-corrected chi connectivity index (χ2v) is 7.07. The Bertz CT molecular complexity index is 1120. The van der Waals surface area contributed by atoms with E-state index in [0.29, 0.717) is 29.0 Å². The van der Waals surface area contributed by atoms with Crippen LogP contribution in [0.1, 0.15) is 21.5 Å². The minimum Gasteiger partial charge on any atom is -0.377 e. The number of hydrogen-bond acceptors (Lipinski definition) is 4. The zero-order valence-electron chi connectivity index (χ0n) is 17.3. The molecule has 0 aliphatic heterocycles. The van der Waals surface area contributed by atoms with Gasteiger partial charge in [0.05, 0.1) is 17.2 Å². The first-order valence-corrected chi connectivity index (χ1v) is 9.68. The van der Waals surface area contributed by atoms with Crippen LogP contribution >= 0.6 is 0 Å². The summed E-state index contributed by atoms with van der Waals surface area (Å²) in [6.07, 6.45) is 0. The van der Waals surface area contributed by atoms with E-state index < -0.39 is 6.03 Å². The van der Waals surface area contributed by atoms with Crippen LogP contribution in [0.5, 0.6) is 0 Å². The molecule has 7 heteroatoms. The van der Waals surface area contributed by atoms with Crippen molar-refractivity contribution in [1.29, 1.82) is 5.26 Å². The summed E-state index contributed by atoms with van der Waals surface area (Å²) in [6, 6.07) is 23.0. The Hall–Kier alpha value is -4.31. The van der Waals surface area contributed by atoms with Crippen molar-refractivity contribution in [3.05, 3.63) is 89.5 Å². The van der Waals surface area contributed by atoms with E-state index in [0.717, 1.165) is 11.3 Å². The van der Waals surface area contributed by atoms with E-state index in [2.05, 4.69) is 16.0 Å². The SMILES string of the molecule is CN(C)c1ccc(NC(=O)Nc2cccc(C#N)c2)cc1C(=O)NCc1ccccc1. The normalized spacial score (nSPS) is 9.97. The van der Waals surface area contributed by atoms with Gasteiger partial charge in [-0.15, -0.1) is 0 Å². The molecule has 0 bridgehead atoms. The topological polar surface area (TPSA) is 97.3 Å². The van der Waals surface area contributed by atoms with Gasteiger partial charge in [-0.2, -0.15) is 5.26 Å². The Morgan fingerprint density at radius 2 is 1.61 bits per heavy atom. The Kier molecular flexibility index (Phi) is 6.86. The van der Waals surface area contributed by atoms with Gasteiger partial charge in [0, 0.05) is 37.7 Å². The fourth-order valence-electron chi connectivity index (χ4n) is 3.02. The van der Waals surface area contributed by atoms with E-state index in [4.69, 9.17) is 5.26 Å². The predicted molar refractivity (Wildman–Crippen MR) is 122 cm³/mol. The molecule has 0 atom stereocenters. The van der Waals surface area contributed by atoms with Crippen molar-refractivity contribution in [3.8, 4) is 6.07 Å². The van der Waals surface area contributed by atoms with Crippen LogP contribution in [0.15, 0.2) is 72.8 Å². The molecule has 0 saturated carbocycles. The molecule has 0 spiro atoms. The number of nitrogens with one attached hydrogen (secondary N) is 3. The summed E-state index contributed by atoms with van der Waals surface area (Å²) in [5, 5.41) is 17.3. The highest BCUT2D eigenvalue weighted by atomic mass is 16.2. The first-order valence-electron chi connectivity index (χ1n) is 9.68. The number of carbonyl (C=O) groups is 2. The Morgan fingerprint density at radius 3 is 2.29 bits per heavy atom. The van der Waals surface area contributed by atoms with Crippen LogP contribution in [0.3, 0.4) is 0 Å². The lowest BCUT2D eigenvalue weighted by Gasteiger charge is -2.18. The molecule has 0 fully saturated rings. The van der Waals surface area contributed by atoms with Crippen LogP contribution in [0, 0.1) is 11.3 Å². The Morgan fingerprint density at radius 1 is 0.903 bits per heavy atom. The highest BCUT2D eigenvalue weighted by Crippen LogP contribution is 2.23. The maximum atomic E-state index is 12.8. The van der Waals surface area contributed by atoms with Gasteiger partial charge in [-0.05, 0) is 42.0 Å². The molecule has 156 valence electrons. The maximum absolute atomic E-state index is 12.8. The molecule has 0 saturated heterocycles. The summed E-state index contributed by atoms with van der Waals surface area (Å²) in [5.41, 5.74) is 3.61. The van der Waals surface area contributed by atoms with Crippen LogP contribution in [-0.2, 0) is 6.54 Å². The lowest BCUT2D eigenvalue weighted by molar-refractivity contribution is 0.0951. The van der Waals surface area contributed by atoms with Crippen molar-refractivity contribution in [2.24, 2.45) is 0 Å². The molecule has 31 heavy (non-hydrogen) atoms. The van der Waals surface area contributed by atoms with Gasteiger partial charge in [-0.25, -0.2) is 4.79 Å². The van der Waals surface area contributed by atoms with Crippen LogP contribution in [0.4, 0.5) is 21.9 Å². The molecule has 0 unspecified atom stereocenters. The number of nitrogens with zero attached hydrogens (tertiary/aromatic N) is 2. The molecule has 0 radical (unpaired) electrons. The summed E-state index contributed by atoms with van der Waals surface area (Å²) >= 11 is 0. The van der Waals surface area contributed by atoms with Gasteiger partial charge in [0.25, 0.3) is 5.91 Å². The quantitative estimate of drug-likeness (QED) is 0.564. The average molecular weight is 413 g/mol. The standard InChI is InChI=1S/C24H23N5O2/c1-29(2)22-12-11-20(28-24(31)27-19-10-6-9-18(13-19)15-25)14-21(22)23(30)26-16-17-7-4-3-5-8-17/h3-14H,16H2,1-2H3,(H,26,30)(H2,27,28,31). The molecule has 0 heterocycles. The van der Waals surface area contributed by atoms with Crippen molar-refractivity contribution < 1.29 is 9.59 Å². The third-order valence-electron chi connectivity index (χ3n) is 4.53. The van der Waals surface area contributed by atoms with E-state index in [1.54, 1.807) is 42.5 Å². The molecule has 3 amide bonds. The minimum atomic E-state index is -0.469. The van der Waals surface area contributed by atoms with E-state index in [1.165, 1.54) is 0 Å². The third-order valence-corrected chi connectivity index (χ3v) is 4.53. The van der Waals surface area contributed by atoms with E-state index in [1.807, 2.05) is 55.4 Å². The van der Waals surface area contributed by atoms with Gasteiger partial charge < -0.3 is 20.9 Å². The van der Waals surface area contributed by atoms with Gasteiger partial charge in [0.15, 0.2) is 0 Å². The van der Waals surface area contributed by atoms with Crippen LogP contribution < -0.4 is 20.9 Å². The Labute approximate surface area is 181 Å². The number of hydrogen-bond donors (Lipinski definition) is 3. The molecular weight excluding hydrogens is 390 g/mol. The summed E-state index contributed by atoms with van der Waals surface area (Å²) in [7, 11) is 3.70. The summed E-state index contributed by atoms with van der Waals surface area (Å²) < 4.78 is 0. The molecule has 0 aromatic heterocycles. The van der Waals surface area contributed by atoms with Crippen molar-refractivity contribution >= 4 is 29.0 Å². The zero-order valence-corrected chi connectivity index (χ0v) is 17.3. The van der Waals surface area contributed by atoms with Crippen molar-refractivity contribution in [2.45, 2.75) is 6.54 Å². The molecule has 3 aromatic rings. The average Bonchev–Trinajstić information content (AvgIpc) is 2.78. The summed E-state index contributed by atoms with van der Waals surface area (Å²) in [4.78, 5) is 27.1. The monoisotopic (exact) mass is 413 g/mol. The number of amides is 3. The molecule has 0 aliphatic carbocycles. The fourth-order valence-corrected chi connectivity index (χ4v) is 3.02. The van der Waals surface area contributed by atoms with Gasteiger partial charge in [-0.3, -0.25) is 4.79 Å². The number of carbonyl (C=O) groups excluding carboxylic acids is 2. The molecule has 7 nitrogen and oxygen atoms in total. The fraction of sp³-hybridized carbons (Fsp3) is 0.125. The van der Waals surface area contributed by atoms with Gasteiger partial charge in [0.2, 0.25) is 0 Å².